The zero-order chi connectivity index (χ0) is 37.6. The molecule has 0 saturated heterocycles. The largest absolute Gasteiger partial charge is 0.748 e. The summed E-state index contributed by atoms with van der Waals surface area (Å²) in [4.78, 5) is 1.92. The summed E-state index contributed by atoms with van der Waals surface area (Å²) in [5, 5.41) is 7.23. The van der Waals surface area contributed by atoms with Crippen LogP contribution in [0.2, 0.25) is 0 Å². The minimum atomic E-state index is -4.43. The van der Waals surface area contributed by atoms with E-state index in [0.29, 0.717) is 29.5 Å². The van der Waals surface area contributed by atoms with E-state index in [1.54, 1.807) is 11.3 Å². The highest BCUT2D eigenvalue weighted by Gasteiger charge is 2.29. The van der Waals surface area contributed by atoms with Crippen LogP contribution >= 0.6 is 11.3 Å². The van der Waals surface area contributed by atoms with Crippen molar-refractivity contribution in [1.82, 2.24) is 0 Å². The lowest BCUT2D eigenvalue weighted by atomic mass is 10.0. The van der Waals surface area contributed by atoms with Gasteiger partial charge in [0.25, 0.3) is 5.52 Å². The van der Waals surface area contributed by atoms with Crippen LogP contribution in [0.4, 0.5) is 5.69 Å². The molecule has 0 fully saturated rings. The van der Waals surface area contributed by atoms with Gasteiger partial charge in [0.05, 0.1) is 32.0 Å². The number of fused-ring (bicyclic) bond motifs is 6. The first-order valence-corrected chi connectivity index (χ1v) is 21.6. The number of ether oxygens (including phenoxy) is 1. The molecule has 54 heavy (non-hydrogen) atoms. The predicted molar refractivity (Wildman–Crippen MR) is 211 cm³/mol. The van der Waals surface area contributed by atoms with Crippen LogP contribution in [0.3, 0.4) is 0 Å². The molecule has 0 N–H and O–H groups in total. The maximum atomic E-state index is 11.6. The predicted octanol–water partition coefficient (Wildman–Crippen LogP) is 8.31. The third-order valence-corrected chi connectivity index (χ3v) is 12.1. The Labute approximate surface area is 316 Å². The molecule has 5 aromatic carbocycles. The SMILES string of the molecule is CCC(/C=C1\Oc2ccc3cc4ccccc4cc3c2N1CCCS(=O)(=O)[O-])=C\c1oc2ccc(-c3cccc4sccc34)cc2[n+]1CCCS(=O)(=O)[O-]. The van der Waals surface area contributed by atoms with E-state index in [0.717, 1.165) is 54.8 Å². The molecule has 8 rings (SSSR count). The van der Waals surface area contributed by atoms with Gasteiger partial charge in [-0.05, 0) is 87.5 Å². The molecule has 13 heteroatoms. The average molecular weight is 780 g/mol. The Hall–Kier alpha value is -5.05. The van der Waals surface area contributed by atoms with E-state index < -0.39 is 31.7 Å². The summed E-state index contributed by atoms with van der Waals surface area (Å²) in [6, 6.07) is 30.3. The molecular formula is C41H35N2O8S3-. The average Bonchev–Trinajstić information content (AvgIpc) is 3.85. The van der Waals surface area contributed by atoms with Crippen molar-refractivity contribution < 1.29 is 39.7 Å². The highest BCUT2D eigenvalue weighted by molar-refractivity contribution is 7.85. The fourth-order valence-corrected chi connectivity index (χ4v) is 8.94. The molecule has 2 aromatic heterocycles. The van der Waals surface area contributed by atoms with E-state index in [9.17, 15) is 25.9 Å². The number of hydrogen-bond donors (Lipinski definition) is 0. The summed E-state index contributed by atoms with van der Waals surface area (Å²) < 4.78 is 85.5. The van der Waals surface area contributed by atoms with Crippen molar-refractivity contribution in [2.24, 2.45) is 0 Å². The Balaban J connectivity index is 1.22. The number of allylic oxidation sites excluding steroid dienone is 2. The van der Waals surface area contributed by atoms with Crippen LogP contribution in [0.15, 0.2) is 118 Å². The minimum absolute atomic E-state index is 0.0920. The first-order chi connectivity index (χ1) is 25.9. The number of nitrogens with zero attached hydrogens (tertiary/aromatic N) is 2. The number of aromatic nitrogens is 1. The smallest absolute Gasteiger partial charge is 0.374 e. The molecule has 7 aromatic rings. The summed E-state index contributed by atoms with van der Waals surface area (Å²) in [6.45, 7) is 2.42. The molecule has 276 valence electrons. The van der Waals surface area contributed by atoms with Crippen molar-refractivity contribution in [3.8, 4) is 16.9 Å². The molecule has 0 amide bonds. The molecule has 0 aliphatic carbocycles. The maximum Gasteiger partial charge on any atom is 0.374 e. The Morgan fingerprint density at radius 1 is 0.833 bits per heavy atom. The molecular weight excluding hydrogens is 745 g/mol. The number of benzene rings is 5. The lowest BCUT2D eigenvalue weighted by Gasteiger charge is -2.20. The number of hydrogen-bond acceptors (Lipinski definition) is 10. The zero-order valence-electron chi connectivity index (χ0n) is 29.2. The van der Waals surface area contributed by atoms with Gasteiger partial charge in [-0.3, -0.25) is 0 Å². The van der Waals surface area contributed by atoms with Gasteiger partial charge >= 0.3 is 5.89 Å². The van der Waals surface area contributed by atoms with Crippen molar-refractivity contribution in [1.29, 1.82) is 0 Å². The van der Waals surface area contributed by atoms with Gasteiger partial charge in [0.1, 0.15) is 0 Å². The van der Waals surface area contributed by atoms with Gasteiger partial charge in [-0.25, -0.2) is 16.8 Å². The Bertz CT molecular complexity index is 2870. The monoisotopic (exact) mass is 779 g/mol. The lowest BCUT2D eigenvalue weighted by molar-refractivity contribution is -0.677. The van der Waals surface area contributed by atoms with Crippen LogP contribution < -0.4 is 14.2 Å². The fraction of sp³-hybridized carbons (Fsp3) is 0.195. The molecule has 3 heterocycles. The van der Waals surface area contributed by atoms with Crippen molar-refractivity contribution in [2.45, 2.75) is 32.7 Å². The van der Waals surface area contributed by atoms with Gasteiger partial charge in [-0.1, -0.05) is 55.5 Å². The minimum Gasteiger partial charge on any atom is -0.748 e. The van der Waals surface area contributed by atoms with Gasteiger partial charge in [-0.15, -0.1) is 11.3 Å². The Morgan fingerprint density at radius 3 is 2.39 bits per heavy atom. The summed E-state index contributed by atoms with van der Waals surface area (Å²) in [7, 11) is -8.86. The summed E-state index contributed by atoms with van der Waals surface area (Å²) in [5.41, 5.74) is 4.97. The maximum absolute atomic E-state index is 11.6. The third-order valence-electron chi connectivity index (χ3n) is 9.69. The second-order valence-corrected chi connectivity index (χ2v) is 17.3. The van der Waals surface area contributed by atoms with Crippen LogP contribution in [0.5, 0.6) is 5.75 Å². The number of thiophene rings is 1. The molecule has 0 saturated carbocycles. The summed E-state index contributed by atoms with van der Waals surface area (Å²) in [6.07, 6.45) is 4.48. The Morgan fingerprint density at radius 2 is 1.61 bits per heavy atom. The second-order valence-electron chi connectivity index (χ2n) is 13.3. The molecule has 0 radical (unpaired) electrons. The van der Waals surface area contributed by atoms with Gasteiger partial charge < -0.3 is 23.2 Å². The van der Waals surface area contributed by atoms with Crippen LogP contribution in [-0.4, -0.2) is 44.0 Å². The molecule has 1 aliphatic heterocycles. The highest BCUT2D eigenvalue weighted by Crippen LogP contribution is 2.46. The fourth-order valence-electron chi connectivity index (χ4n) is 7.16. The van der Waals surface area contributed by atoms with Crippen LogP contribution in [0.1, 0.15) is 32.1 Å². The highest BCUT2D eigenvalue weighted by atomic mass is 32.2. The summed E-state index contributed by atoms with van der Waals surface area (Å²) in [5.74, 6) is 0.502. The van der Waals surface area contributed by atoms with Crippen molar-refractivity contribution in [2.75, 3.05) is 23.0 Å². The normalized spacial score (nSPS) is 14.5. The van der Waals surface area contributed by atoms with Crippen molar-refractivity contribution >= 4 is 86.1 Å². The zero-order valence-corrected chi connectivity index (χ0v) is 31.7. The first-order valence-electron chi connectivity index (χ1n) is 17.6. The van der Waals surface area contributed by atoms with Gasteiger partial charge in [0, 0.05) is 52.1 Å². The lowest BCUT2D eigenvalue weighted by Crippen LogP contribution is -2.36. The van der Waals surface area contributed by atoms with E-state index in [-0.39, 0.29) is 25.9 Å². The molecule has 10 nitrogen and oxygen atoms in total. The van der Waals surface area contributed by atoms with Gasteiger partial charge in [0.15, 0.2) is 12.3 Å². The molecule has 0 spiro atoms. The molecule has 0 atom stereocenters. The first kappa shape index (κ1) is 36.0. The van der Waals surface area contributed by atoms with E-state index in [2.05, 4.69) is 35.7 Å². The van der Waals surface area contributed by atoms with Crippen LogP contribution in [-0.2, 0) is 26.8 Å². The quantitative estimate of drug-likeness (QED) is 0.0680. The number of oxazole rings is 1. The van der Waals surface area contributed by atoms with Crippen molar-refractivity contribution in [3.05, 3.63) is 120 Å². The van der Waals surface area contributed by atoms with Crippen molar-refractivity contribution in [3.63, 3.8) is 0 Å². The number of aryl methyl sites for hydroxylation is 1. The number of rotatable bonds is 12. The van der Waals surface area contributed by atoms with E-state index >= 15 is 0 Å². The number of anilines is 1. The summed E-state index contributed by atoms with van der Waals surface area (Å²) >= 11 is 1.67. The Kier molecular flexibility index (Phi) is 9.53. The molecule has 0 unspecified atom stereocenters. The van der Waals surface area contributed by atoms with E-state index in [1.165, 1.54) is 4.70 Å². The molecule has 0 bridgehead atoms. The third kappa shape index (κ3) is 7.37. The van der Waals surface area contributed by atoms with Gasteiger partial charge in [-0.2, -0.15) is 4.57 Å². The molecule has 1 aliphatic rings. The topological polar surface area (TPSA) is 144 Å². The standard InChI is InChI=1S/C41H36N2O8S3/c1-2-27(23-40-43(18-7-21-54(47,48)49)41-34-25-29-9-4-3-8-28(29)24-30(34)13-15-37(41)51-40)22-39-42(17-6-20-53(44,45)46)35-26-31(12-14-36(35)50-39)32-10-5-11-38-33(32)16-19-52-38/h3-5,8-16,19,22-26H,2,6-7,17-18,20-21H2,1H3,(H-,44,45,46,47,48,49)/p-1. The van der Waals surface area contributed by atoms with E-state index in [4.69, 9.17) is 9.15 Å². The second kappa shape index (κ2) is 14.3. The van der Waals surface area contributed by atoms with E-state index in [1.807, 2.05) is 89.2 Å². The van der Waals surface area contributed by atoms with Gasteiger partial charge in [0.2, 0.25) is 11.5 Å². The van der Waals surface area contributed by atoms with Crippen LogP contribution in [0.25, 0.3) is 59.9 Å². The van der Waals surface area contributed by atoms with Crippen LogP contribution in [0, 0.1) is 0 Å².